The normalized spacial score (nSPS) is 12.3. The average Bonchev–Trinajstić information content (AvgIpc) is 3.65. The number of rotatable bonds is 6. The van der Waals surface area contributed by atoms with Gasteiger partial charge in [0.25, 0.3) is 0 Å². The Kier molecular flexibility index (Phi) is 9.10. The van der Waals surface area contributed by atoms with Crippen LogP contribution >= 0.6 is 0 Å². The summed E-state index contributed by atoms with van der Waals surface area (Å²) in [7, 11) is 0. The van der Waals surface area contributed by atoms with Gasteiger partial charge in [0, 0.05) is 11.1 Å². The molecule has 0 amide bonds. The Labute approximate surface area is 352 Å². The molecular formula is C56H47N3O. The van der Waals surface area contributed by atoms with Crippen LogP contribution in [0.2, 0.25) is 0 Å². The topological polar surface area (TPSA) is 50.9 Å². The SMILES string of the molecule is Cc1cccc(C)c1-n1c(-c2ccc3c(n2)-c2c(O)cccc2CC3)nc2c(-c3cccc(-c4c(-c5ccccc5)cccc4-c4cccc(C(C)(C)C)c4)c3)cccc21. The van der Waals surface area contributed by atoms with Gasteiger partial charge in [-0.15, -0.1) is 0 Å². The molecule has 0 bridgehead atoms. The molecule has 0 radical (unpaired) electrons. The number of imidazole rings is 1. The van der Waals surface area contributed by atoms with Gasteiger partial charge in [0.05, 0.1) is 22.4 Å². The molecule has 0 saturated heterocycles. The van der Waals surface area contributed by atoms with Crippen molar-refractivity contribution in [2.24, 2.45) is 0 Å². The molecule has 7 aromatic carbocycles. The summed E-state index contributed by atoms with van der Waals surface area (Å²) >= 11 is 0. The first-order chi connectivity index (χ1) is 29.1. The number of aryl methyl sites for hydroxylation is 4. The fraction of sp³-hybridized carbons (Fsp3) is 0.143. The van der Waals surface area contributed by atoms with Gasteiger partial charge in [-0.05, 0) is 123 Å². The van der Waals surface area contributed by atoms with Gasteiger partial charge in [0.1, 0.15) is 11.4 Å². The number of hydrogen-bond acceptors (Lipinski definition) is 3. The zero-order valence-electron chi connectivity index (χ0n) is 34.8. The van der Waals surface area contributed by atoms with Crippen LogP contribution in [0.4, 0.5) is 0 Å². The maximum atomic E-state index is 11.1. The number of hydrogen-bond donors (Lipinski definition) is 1. The van der Waals surface area contributed by atoms with Crippen LogP contribution in [0.3, 0.4) is 0 Å². The van der Waals surface area contributed by atoms with Crippen LogP contribution in [-0.4, -0.2) is 19.6 Å². The number of aromatic nitrogens is 3. The van der Waals surface area contributed by atoms with Crippen molar-refractivity contribution >= 4 is 11.0 Å². The lowest BCUT2D eigenvalue weighted by molar-refractivity contribution is 0.476. The minimum Gasteiger partial charge on any atom is -0.507 e. The van der Waals surface area contributed by atoms with Gasteiger partial charge in [0.2, 0.25) is 0 Å². The highest BCUT2D eigenvalue weighted by molar-refractivity contribution is 5.99. The average molecular weight is 778 g/mol. The smallest absolute Gasteiger partial charge is 0.164 e. The summed E-state index contributed by atoms with van der Waals surface area (Å²) in [5.41, 5.74) is 20.6. The van der Waals surface area contributed by atoms with E-state index in [1.807, 2.05) is 6.07 Å². The molecule has 9 aromatic rings. The van der Waals surface area contributed by atoms with Crippen molar-refractivity contribution in [2.75, 3.05) is 0 Å². The Hall–Kier alpha value is -7.04. The van der Waals surface area contributed by atoms with Gasteiger partial charge in [0.15, 0.2) is 5.82 Å². The highest BCUT2D eigenvalue weighted by Crippen LogP contribution is 2.44. The van der Waals surface area contributed by atoms with Crippen molar-refractivity contribution in [3.8, 4) is 78.7 Å². The lowest BCUT2D eigenvalue weighted by Gasteiger charge is -2.21. The van der Waals surface area contributed by atoms with Gasteiger partial charge < -0.3 is 5.11 Å². The predicted octanol–water partition coefficient (Wildman–Crippen LogP) is 14.1. The fourth-order valence-corrected chi connectivity index (χ4v) is 9.21. The molecule has 0 atom stereocenters. The van der Waals surface area contributed by atoms with E-state index in [4.69, 9.17) is 9.97 Å². The molecule has 1 aliphatic rings. The lowest BCUT2D eigenvalue weighted by Crippen LogP contribution is -2.10. The van der Waals surface area contributed by atoms with Gasteiger partial charge in [-0.25, -0.2) is 9.97 Å². The summed E-state index contributed by atoms with van der Waals surface area (Å²) in [4.78, 5) is 10.9. The molecule has 1 N–H and O–H groups in total. The van der Waals surface area contributed by atoms with Crippen LogP contribution in [0, 0.1) is 13.8 Å². The second kappa shape index (κ2) is 14.7. The van der Waals surface area contributed by atoms with Crippen molar-refractivity contribution in [3.05, 3.63) is 192 Å². The molecule has 0 aliphatic heterocycles. The van der Waals surface area contributed by atoms with E-state index in [1.54, 1.807) is 6.07 Å². The zero-order valence-corrected chi connectivity index (χ0v) is 34.8. The third-order valence-corrected chi connectivity index (χ3v) is 12.2. The Balaban J connectivity index is 1.19. The Morgan fingerprint density at radius 2 is 1.13 bits per heavy atom. The van der Waals surface area contributed by atoms with Gasteiger partial charge >= 0.3 is 0 Å². The van der Waals surface area contributed by atoms with E-state index in [9.17, 15) is 5.11 Å². The highest BCUT2D eigenvalue weighted by Gasteiger charge is 2.26. The van der Waals surface area contributed by atoms with E-state index >= 15 is 0 Å². The second-order valence-electron chi connectivity index (χ2n) is 17.2. The summed E-state index contributed by atoms with van der Waals surface area (Å²) in [6.45, 7) is 11.2. The van der Waals surface area contributed by atoms with Crippen molar-refractivity contribution < 1.29 is 5.11 Å². The molecule has 0 unspecified atom stereocenters. The van der Waals surface area contributed by atoms with Crippen LogP contribution in [0.1, 0.15) is 48.6 Å². The van der Waals surface area contributed by atoms with Crippen molar-refractivity contribution in [3.63, 3.8) is 0 Å². The highest BCUT2D eigenvalue weighted by atomic mass is 16.3. The molecule has 0 spiro atoms. The summed E-state index contributed by atoms with van der Waals surface area (Å²) in [5.74, 6) is 1.04. The number of nitrogens with zero attached hydrogens (tertiary/aromatic N) is 3. The van der Waals surface area contributed by atoms with E-state index in [0.29, 0.717) is 0 Å². The Morgan fingerprint density at radius 3 is 1.92 bits per heavy atom. The van der Waals surface area contributed by atoms with Crippen LogP contribution < -0.4 is 0 Å². The molecule has 4 heteroatoms. The minimum atomic E-state index is 0.0196. The molecule has 10 rings (SSSR count). The number of para-hydroxylation sites is 2. The second-order valence-corrected chi connectivity index (χ2v) is 17.2. The molecule has 4 nitrogen and oxygen atoms in total. The molecule has 2 aromatic heterocycles. The number of pyridine rings is 1. The van der Waals surface area contributed by atoms with Gasteiger partial charge in [-0.1, -0.05) is 160 Å². The molecule has 1 aliphatic carbocycles. The number of aromatic hydroxyl groups is 1. The van der Waals surface area contributed by atoms with E-state index in [0.717, 1.165) is 91.3 Å². The van der Waals surface area contributed by atoms with Gasteiger partial charge in [-0.3, -0.25) is 4.57 Å². The largest absolute Gasteiger partial charge is 0.507 e. The molecule has 0 saturated carbocycles. The van der Waals surface area contributed by atoms with E-state index < -0.39 is 0 Å². The summed E-state index contributed by atoms with van der Waals surface area (Å²) in [6.07, 6.45) is 1.76. The number of fused-ring (bicyclic) bond motifs is 4. The first-order valence-electron chi connectivity index (χ1n) is 20.9. The quantitative estimate of drug-likeness (QED) is 0.183. The molecule has 60 heavy (non-hydrogen) atoms. The first kappa shape index (κ1) is 37.2. The predicted molar refractivity (Wildman–Crippen MR) is 249 cm³/mol. The maximum Gasteiger partial charge on any atom is 0.164 e. The van der Waals surface area contributed by atoms with E-state index in [1.165, 1.54) is 33.4 Å². The van der Waals surface area contributed by atoms with Crippen LogP contribution in [0.15, 0.2) is 164 Å². The van der Waals surface area contributed by atoms with E-state index in [2.05, 4.69) is 191 Å². The number of phenolic OH excluding ortho intramolecular Hbond substituents is 1. The molecule has 2 heterocycles. The van der Waals surface area contributed by atoms with Gasteiger partial charge in [-0.2, -0.15) is 0 Å². The zero-order chi connectivity index (χ0) is 41.1. The summed E-state index contributed by atoms with van der Waals surface area (Å²) < 4.78 is 2.29. The fourth-order valence-electron chi connectivity index (χ4n) is 9.21. The number of phenols is 1. The van der Waals surface area contributed by atoms with Crippen molar-refractivity contribution in [1.29, 1.82) is 0 Å². The standard InChI is InChI=1S/C56H47N3O/c1-35-15-9-16-36(2)54(35)59-48-27-14-26-46(53(48)58-55(59)47-32-31-39-30-29-38-19-12-28-49(60)51(38)52(39)57-47)40-20-10-22-42(33-40)50-44(37-17-7-6-8-18-37)24-13-25-45(50)41-21-11-23-43(34-41)56(3,4)5/h6-28,31-34,60H,29-30H2,1-5H3. The third-order valence-electron chi connectivity index (χ3n) is 12.2. The van der Waals surface area contributed by atoms with Crippen LogP contribution in [0.5, 0.6) is 5.75 Å². The first-order valence-corrected chi connectivity index (χ1v) is 20.9. The van der Waals surface area contributed by atoms with Crippen LogP contribution in [-0.2, 0) is 18.3 Å². The van der Waals surface area contributed by atoms with Crippen molar-refractivity contribution in [1.82, 2.24) is 14.5 Å². The summed E-state index contributed by atoms with van der Waals surface area (Å²) in [5, 5.41) is 11.1. The number of benzene rings is 7. The lowest BCUT2D eigenvalue weighted by atomic mass is 9.83. The molecular weight excluding hydrogens is 731 g/mol. The van der Waals surface area contributed by atoms with Crippen LogP contribution in [0.25, 0.3) is 84.0 Å². The molecule has 0 fully saturated rings. The Bertz CT molecular complexity index is 3090. The van der Waals surface area contributed by atoms with Crippen molar-refractivity contribution in [2.45, 2.75) is 52.9 Å². The third kappa shape index (κ3) is 6.40. The maximum absolute atomic E-state index is 11.1. The minimum absolute atomic E-state index is 0.0196. The molecule has 292 valence electrons. The Morgan fingerprint density at radius 1 is 0.517 bits per heavy atom. The summed E-state index contributed by atoms with van der Waals surface area (Å²) in [6, 6.07) is 58.4. The monoisotopic (exact) mass is 777 g/mol. The van der Waals surface area contributed by atoms with E-state index in [-0.39, 0.29) is 11.2 Å².